The first kappa shape index (κ1) is 10.1. The van der Waals surface area contributed by atoms with E-state index in [4.69, 9.17) is 0 Å². The van der Waals surface area contributed by atoms with Crippen molar-refractivity contribution in [2.24, 2.45) is 0 Å². The lowest BCUT2D eigenvalue weighted by Crippen LogP contribution is -2.40. The molecule has 13 heavy (non-hydrogen) atoms. The Morgan fingerprint density at radius 3 is 2.31 bits per heavy atom. The smallest absolute Gasteiger partial charge is 0.0505 e. The van der Waals surface area contributed by atoms with E-state index in [0.29, 0.717) is 0 Å². The van der Waals surface area contributed by atoms with Crippen LogP contribution in [0.25, 0.3) is 0 Å². The van der Waals surface area contributed by atoms with E-state index in [1.165, 1.54) is 16.8 Å². The van der Waals surface area contributed by atoms with Gasteiger partial charge in [-0.1, -0.05) is 18.2 Å². The molecule has 0 spiro atoms. The molecule has 0 fully saturated rings. The van der Waals surface area contributed by atoms with Gasteiger partial charge in [0.15, 0.2) is 0 Å². The third kappa shape index (κ3) is 2.03. The highest BCUT2D eigenvalue weighted by atomic mass is 15.0. The highest BCUT2D eigenvalue weighted by Crippen LogP contribution is 2.27. The van der Waals surface area contributed by atoms with Crippen LogP contribution in [-0.4, -0.2) is 5.54 Å². The fourth-order valence-electron chi connectivity index (χ4n) is 1.89. The average Bonchev–Trinajstić information content (AvgIpc) is 2.01. The van der Waals surface area contributed by atoms with Crippen molar-refractivity contribution < 1.29 is 0 Å². The molecule has 1 nitrogen and oxygen atoms in total. The first-order valence-electron chi connectivity index (χ1n) is 4.81. The molecule has 0 saturated heterocycles. The molecule has 0 unspecified atom stereocenters. The van der Waals surface area contributed by atoms with Gasteiger partial charge in [0.2, 0.25) is 0 Å². The van der Waals surface area contributed by atoms with Gasteiger partial charge < -0.3 is 5.32 Å². The van der Waals surface area contributed by atoms with Gasteiger partial charge in [0.05, 0.1) is 5.54 Å². The average molecular weight is 177 g/mol. The van der Waals surface area contributed by atoms with Crippen molar-refractivity contribution in [3.05, 3.63) is 35.1 Å². The standard InChI is InChI=1S/C12H19N/c1-6-10-9(3)8-12(4,5)13-11(10)7-2/h6-8,13H,1-5H3/b10-6-,11-7+. The molecule has 0 saturated carbocycles. The molecule has 0 bridgehead atoms. The highest BCUT2D eigenvalue weighted by molar-refractivity contribution is 5.49. The lowest BCUT2D eigenvalue weighted by Gasteiger charge is -2.33. The van der Waals surface area contributed by atoms with Crippen molar-refractivity contribution in [2.75, 3.05) is 0 Å². The number of hydrogen-bond donors (Lipinski definition) is 1. The van der Waals surface area contributed by atoms with Gasteiger partial charge in [-0.3, -0.25) is 0 Å². The van der Waals surface area contributed by atoms with E-state index >= 15 is 0 Å². The maximum Gasteiger partial charge on any atom is 0.0505 e. The SMILES string of the molecule is C/C=C1/C(C)=CC(C)(C)N/C1=C/C. The highest BCUT2D eigenvalue weighted by Gasteiger charge is 2.22. The molecular formula is C12H19N. The van der Waals surface area contributed by atoms with Crippen LogP contribution in [0.15, 0.2) is 35.1 Å². The van der Waals surface area contributed by atoms with Crippen molar-refractivity contribution in [1.29, 1.82) is 0 Å². The lowest BCUT2D eigenvalue weighted by molar-refractivity contribution is 0.520. The fourth-order valence-corrected chi connectivity index (χ4v) is 1.89. The Bertz CT molecular complexity index is 290. The topological polar surface area (TPSA) is 12.0 Å². The van der Waals surface area contributed by atoms with Crippen molar-refractivity contribution in [3.63, 3.8) is 0 Å². The third-order valence-corrected chi connectivity index (χ3v) is 2.33. The summed E-state index contributed by atoms with van der Waals surface area (Å²) in [5, 5.41) is 3.49. The van der Waals surface area contributed by atoms with E-state index in [9.17, 15) is 0 Å². The molecule has 0 aromatic carbocycles. The Morgan fingerprint density at radius 2 is 1.85 bits per heavy atom. The van der Waals surface area contributed by atoms with Gasteiger partial charge in [0.25, 0.3) is 0 Å². The third-order valence-electron chi connectivity index (χ3n) is 2.33. The minimum Gasteiger partial charge on any atom is -0.376 e. The number of nitrogens with one attached hydrogen (secondary N) is 1. The number of hydrogen-bond acceptors (Lipinski definition) is 1. The van der Waals surface area contributed by atoms with Gasteiger partial charge in [0, 0.05) is 5.70 Å². The quantitative estimate of drug-likeness (QED) is 0.599. The summed E-state index contributed by atoms with van der Waals surface area (Å²) in [7, 11) is 0. The monoisotopic (exact) mass is 177 g/mol. The summed E-state index contributed by atoms with van der Waals surface area (Å²) in [6.07, 6.45) is 6.56. The zero-order valence-corrected chi connectivity index (χ0v) is 9.23. The maximum atomic E-state index is 3.49. The summed E-state index contributed by atoms with van der Waals surface area (Å²) in [5.74, 6) is 0. The summed E-state index contributed by atoms with van der Waals surface area (Å²) in [4.78, 5) is 0. The summed E-state index contributed by atoms with van der Waals surface area (Å²) in [5.41, 5.74) is 4.01. The zero-order chi connectivity index (χ0) is 10.1. The second-order valence-electron chi connectivity index (χ2n) is 4.08. The zero-order valence-electron chi connectivity index (χ0n) is 9.23. The molecule has 0 atom stereocenters. The van der Waals surface area contributed by atoms with Crippen LogP contribution < -0.4 is 5.32 Å². The molecule has 1 aliphatic rings. The molecule has 0 radical (unpaired) electrons. The Balaban J connectivity index is 3.16. The minimum absolute atomic E-state index is 0.0818. The van der Waals surface area contributed by atoms with Crippen LogP contribution in [0.1, 0.15) is 34.6 Å². The Labute approximate surface area is 81.2 Å². The van der Waals surface area contributed by atoms with Gasteiger partial charge in [-0.2, -0.15) is 0 Å². The summed E-state index contributed by atoms with van der Waals surface area (Å²) in [6.45, 7) is 10.7. The largest absolute Gasteiger partial charge is 0.376 e. The van der Waals surface area contributed by atoms with Crippen LogP contribution in [0.4, 0.5) is 0 Å². The number of allylic oxidation sites excluding steroid dienone is 3. The van der Waals surface area contributed by atoms with Crippen molar-refractivity contribution >= 4 is 0 Å². The van der Waals surface area contributed by atoms with E-state index in [-0.39, 0.29) is 5.54 Å². The van der Waals surface area contributed by atoms with Crippen LogP contribution in [0.2, 0.25) is 0 Å². The van der Waals surface area contributed by atoms with Crippen LogP contribution in [0.3, 0.4) is 0 Å². The Kier molecular flexibility index (Phi) is 2.65. The van der Waals surface area contributed by atoms with Gasteiger partial charge >= 0.3 is 0 Å². The van der Waals surface area contributed by atoms with E-state index in [0.717, 1.165) is 0 Å². The molecule has 1 heteroatoms. The fraction of sp³-hybridized carbons (Fsp3) is 0.500. The van der Waals surface area contributed by atoms with Gasteiger partial charge in [0.1, 0.15) is 0 Å². The second kappa shape index (κ2) is 3.41. The van der Waals surface area contributed by atoms with Gasteiger partial charge in [-0.05, 0) is 45.8 Å². The molecular weight excluding hydrogens is 158 g/mol. The van der Waals surface area contributed by atoms with Crippen molar-refractivity contribution in [2.45, 2.75) is 40.2 Å². The molecule has 1 aliphatic heterocycles. The first-order chi connectivity index (χ1) is 6.00. The Hall–Kier alpha value is -0.980. The van der Waals surface area contributed by atoms with E-state index in [2.05, 4.69) is 58.2 Å². The van der Waals surface area contributed by atoms with Crippen LogP contribution >= 0.6 is 0 Å². The first-order valence-corrected chi connectivity index (χ1v) is 4.81. The Morgan fingerprint density at radius 1 is 1.23 bits per heavy atom. The molecule has 0 aliphatic carbocycles. The number of rotatable bonds is 0. The summed E-state index contributed by atoms with van der Waals surface area (Å²) in [6, 6.07) is 0. The lowest BCUT2D eigenvalue weighted by atomic mass is 9.90. The van der Waals surface area contributed by atoms with Gasteiger partial charge in [-0.25, -0.2) is 0 Å². The predicted octanol–water partition coefficient (Wildman–Crippen LogP) is 3.16. The second-order valence-corrected chi connectivity index (χ2v) is 4.08. The van der Waals surface area contributed by atoms with Crippen LogP contribution in [-0.2, 0) is 0 Å². The van der Waals surface area contributed by atoms with E-state index < -0.39 is 0 Å². The van der Waals surface area contributed by atoms with E-state index in [1.807, 2.05) is 0 Å². The predicted molar refractivity (Wildman–Crippen MR) is 58.5 cm³/mol. The summed E-state index contributed by atoms with van der Waals surface area (Å²) >= 11 is 0. The van der Waals surface area contributed by atoms with E-state index in [1.54, 1.807) is 0 Å². The van der Waals surface area contributed by atoms with Crippen LogP contribution in [0, 0.1) is 0 Å². The van der Waals surface area contributed by atoms with Crippen molar-refractivity contribution in [3.8, 4) is 0 Å². The van der Waals surface area contributed by atoms with Crippen molar-refractivity contribution in [1.82, 2.24) is 5.32 Å². The molecule has 72 valence electrons. The van der Waals surface area contributed by atoms with Gasteiger partial charge in [-0.15, -0.1) is 0 Å². The molecule has 1 rings (SSSR count). The minimum atomic E-state index is 0.0818. The maximum absolute atomic E-state index is 3.49. The van der Waals surface area contributed by atoms with Crippen LogP contribution in [0.5, 0.6) is 0 Å². The molecule has 0 aromatic rings. The molecule has 0 aromatic heterocycles. The molecule has 1 heterocycles. The normalized spacial score (nSPS) is 27.3. The summed E-state index contributed by atoms with van der Waals surface area (Å²) < 4.78 is 0. The molecule has 1 N–H and O–H groups in total. The molecule has 0 amide bonds.